The Morgan fingerprint density at radius 1 is 1.54 bits per heavy atom. The Bertz CT molecular complexity index is 312. The van der Waals surface area contributed by atoms with Crippen LogP contribution in [0.2, 0.25) is 0 Å². The molecule has 0 spiro atoms. The largest absolute Gasteiger partial charge is 0.319 e. The van der Waals surface area contributed by atoms with Crippen LogP contribution in [0, 0.1) is 19.8 Å². The summed E-state index contributed by atoms with van der Waals surface area (Å²) in [4.78, 5) is 5.85. The van der Waals surface area contributed by atoms with Gasteiger partial charge < -0.3 is 5.73 Å². The van der Waals surface area contributed by atoms with Gasteiger partial charge in [-0.05, 0) is 32.6 Å². The van der Waals surface area contributed by atoms with Crippen molar-refractivity contribution in [3.05, 3.63) is 15.6 Å². The first-order valence-corrected chi connectivity index (χ1v) is 5.59. The normalized spacial score (nSPS) is 33.1. The monoisotopic (exact) mass is 196 g/mol. The van der Waals surface area contributed by atoms with Crippen LogP contribution in [0.4, 0.5) is 0 Å². The summed E-state index contributed by atoms with van der Waals surface area (Å²) in [7, 11) is 0. The van der Waals surface area contributed by atoms with Gasteiger partial charge in [-0.15, -0.1) is 11.3 Å². The van der Waals surface area contributed by atoms with Gasteiger partial charge >= 0.3 is 0 Å². The summed E-state index contributed by atoms with van der Waals surface area (Å²) in [6.07, 6.45) is 2.34. The molecule has 3 heteroatoms. The van der Waals surface area contributed by atoms with E-state index in [1.165, 1.54) is 11.3 Å². The minimum Gasteiger partial charge on any atom is -0.319 e. The highest BCUT2D eigenvalue weighted by atomic mass is 32.1. The zero-order valence-electron chi connectivity index (χ0n) is 8.42. The van der Waals surface area contributed by atoms with Crippen LogP contribution in [0.25, 0.3) is 0 Å². The van der Waals surface area contributed by atoms with Crippen molar-refractivity contribution in [3.8, 4) is 0 Å². The Labute approximate surface area is 83.2 Å². The number of aromatic nitrogens is 1. The summed E-state index contributed by atoms with van der Waals surface area (Å²) in [5, 5.41) is 1.14. The van der Waals surface area contributed by atoms with Gasteiger partial charge in [-0.2, -0.15) is 0 Å². The summed E-state index contributed by atoms with van der Waals surface area (Å²) in [6, 6.07) is 0. The molecule has 0 bridgehead atoms. The minimum absolute atomic E-state index is 0.107. The number of nitrogens with zero attached hydrogens (tertiary/aromatic N) is 1. The Kier molecular flexibility index (Phi) is 1.96. The van der Waals surface area contributed by atoms with Gasteiger partial charge in [-0.1, -0.05) is 6.92 Å². The molecule has 1 heterocycles. The maximum absolute atomic E-state index is 6.30. The molecule has 1 aromatic rings. The topological polar surface area (TPSA) is 38.9 Å². The summed E-state index contributed by atoms with van der Waals surface area (Å²) in [5.74, 6) is 0.595. The molecule has 0 amide bonds. The average molecular weight is 196 g/mol. The molecule has 2 atom stereocenters. The van der Waals surface area contributed by atoms with Crippen LogP contribution in [0.15, 0.2) is 0 Å². The first-order chi connectivity index (χ1) is 6.04. The van der Waals surface area contributed by atoms with Crippen molar-refractivity contribution in [1.29, 1.82) is 0 Å². The molecule has 1 aliphatic rings. The van der Waals surface area contributed by atoms with E-state index in [2.05, 4.69) is 25.8 Å². The number of thiazole rings is 1. The van der Waals surface area contributed by atoms with Crippen LogP contribution in [-0.2, 0) is 5.54 Å². The number of aryl methyl sites for hydroxylation is 2. The zero-order chi connectivity index (χ0) is 9.64. The Balaban J connectivity index is 2.35. The lowest BCUT2D eigenvalue weighted by atomic mass is 9.69. The van der Waals surface area contributed by atoms with E-state index in [0.717, 1.165) is 17.1 Å². The van der Waals surface area contributed by atoms with Crippen molar-refractivity contribution < 1.29 is 0 Å². The second-order valence-electron chi connectivity index (χ2n) is 4.14. The fraction of sp³-hybridized carbons (Fsp3) is 0.700. The number of hydrogen-bond donors (Lipinski definition) is 1. The Morgan fingerprint density at radius 2 is 2.23 bits per heavy atom. The van der Waals surface area contributed by atoms with Gasteiger partial charge in [0.15, 0.2) is 0 Å². The zero-order valence-corrected chi connectivity index (χ0v) is 9.24. The molecule has 2 nitrogen and oxygen atoms in total. The average Bonchev–Trinajstić information content (AvgIpc) is 2.43. The molecule has 2 unspecified atom stereocenters. The van der Waals surface area contributed by atoms with Crippen LogP contribution >= 0.6 is 11.3 Å². The molecule has 1 fully saturated rings. The fourth-order valence-electron chi connectivity index (χ4n) is 1.73. The summed E-state index contributed by atoms with van der Waals surface area (Å²) < 4.78 is 0. The van der Waals surface area contributed by atoms with Crippen molar-refractivity contribution in [3.63, 3.8) is 0 Å². The van der Waals surface area contributed by atoms with Gasteiger partial charge in [0.2, 0.25) is 0 Å². The maximum atomic E-state index is 6.30. The van der Waals surface area contributed by atoms with Gasteiger partial charge in [-0.25, -0.2) is 4.98 Å². The van der Waals surface area contributed by atoms with Gasteiger partial charge in [0.05, 0.1) is 11.2 Å². The van der Waals surface area contributed by atoms with E-state index in [0.29, 0.717) is 5.92 Å². The molecule has 1 aliphatic carbocycles. The molecule has 0 aliphatic heterocycles. The highest BCUT2D eigenvalue weighted by molar-refractivity contribution is 7.11. The predicted molar refractivity (Wildman–Crippen MR) is 55.9 cm³/mol. The van der Waals surface area contributed by atoms with E-state index >= 15 is 0 Å². The second kappa shape index (κ2) is 2.79. The lowest BCUT2D eigenvalue weighted by Gasteiger charge is -2.43. The van der Waals surface area contributed by atoms with Crippen molar-refractivity contribution in [2.75, 3.05) is 0 Å². The first kappa shape index (κ1) is 9.16. The number of rotatable bonds is 1. The van der Waals surface area contributed by atoms with Crippen LogP contribution in [0.1, 0.15) is 35.3 Å². The lowest BCUT2D eigenvalue weighted by molar-refractivity contribution is 0.144. The van der Waals surface area contributed by atoms with Crippen LogP contribution < -0.4 is 5.73 Å². The molecule has 72 valence electrons. The number of hydrogen-bond acceptors (Lipinski definition) is 3. The van der Waals surface area contributed by atoms with Gasteiger partial charge in [0.1, 0.15) is 5.01 Å². The molecule has 0 saturated heterocycles. The smallest absolute Gasteiger partial charge is 0.113 e. The summed E-state index contributed by atoms with van der Waals surface area (Å²) in [5.41, 5.74) is 7.33. The molecule has 1 saturated carbocycles. The molecule has 2 N–H and O–H groups in total. The SMILES string of the molecule is Cc1nc(C2(N)CCC2C)sc1C. The van der Waals surface area contributed by atoms with E-state index in [4.69, 9.17) is 5.73 Å². The third-order valence-corrected chi connectivity index (χ3v) is 4.56. The van der Waals surface area contributed by atoms with Crippen LogP contribution in [0.5, 0.6) is 0 Å². The van der Waals surface area contributed by atoms with Crippen molar-refractivity contribution in [2.24, 2.45) is 11.7 Å². The van der Waals surface area contributed by atoms with Crippen LogP contribution in [-0.4, -0.2) is 4.98 Å². The molecular formula is C10H16N2S. The van der Waals surface area contributed by atoms with E-state index in [1.807, 2.05) is 0 Å². The highest BCUT2D eigenvalue weighted by Gasteiger charge is 2.44. The third kappa shape index (κ3) is 1.22. The molecule has 13 heavy (non-hydrogen) atoms. The van der Waals surface area contributed by atoms with E-state index in [9.17, 15) is 0 Å². The van der Waals surface area contributed by atoms with E-state index in [-0.39, 0.29) is 5.54 Å². The Morgan fingerprint density at radius 3 is 2.54 bits per heavy atom. The number of nitrogens with two attached hydrogens (primary N) is 1. The fourth-order valence-corrected chi connectivity index (χ4v) is 2.89. The lowest BCUT2D eigenvalue weighted by Crippen LogP contribution is -2.50. The van der Waals surface area contributed by atoms with Crippen molar-refractivity contribution in [1.82, 2.24) is 4.98 Å². The standard InChI is InChI=1S/C10H16N2S/c1-6-4-5-10(6,11)9-12-7(2)8(3)13-9/h6H,4-5,11H2,1-3H3. The summed E-state index contributed by atoms with van der Waals surface area (Å²) in [6.45, 7) is 6.39. The third-order valence-electron chi connectivity index (χ3n) is 3.30. The predicted octanol–water partition coefficient (Wildman–Crippen LogP) is 2.34. The first-order valence-electron chi connectivity index (χ1n) is 4.77. The van der Waals surface area contributed by atoms with E-state index in [1.54, 1.807) is 11.3 Å². The molecule has 0 aromatic carbocycles. The van der Waals surface area contributed by atoms with Crippen molar-refractivity contribution in [2.45, 2.75) is 39.2 Å². The van der Waals surface area contributed by atoms with Crippen LogP contribution in [0.3, 0.4) is 0 Å². The second-order valence-corrected chi connectivity index (χ2v) is 5.34. The molecular weight excluding hydrogens is 180 g/mol. The molecule has 0 radical (unpaired) electrons. The maximum Gasteiger partial charge on any atom is 0.113 e. The van der Waals surface area contributed by atoms with Gasteiger partial charge in [-0.3, -0.25) is 0 Å². The molecule has 1 aromatic heterocycles. The summed E-state index contributed by atoms with van der Waals surface area (Å²) >= 11 is 1.76. The Hall–Kier alpha value is -0.410. The van der Waals surface area contributed by atoms with E-state index < -0.39 is 0 Å². The minimum atomic E-state index is -0.107. The van der Waals surface area contributed by atoms with Gasteiger partial charge in [0.25, 0.3) is 0 Å². The van der Waals surface area contributed by atoms with Gasteiger partial charge in [0, 0.05) is 4.88 Å². The quantitative estimate of drug-likeness (QED) is 0.748. The van der Waals surface area contributed by atoms with Crippen molar-refractivity contribution >= 4 is 11.3 Å². The molecule has 2 rings (SSSR count). The highest BCUT2D eigenvalue weighted by Crippen LogP contribution is 2.45.